The maximum Gasteiger partial charge on any atom is 0.311 e. The first kappa shape index (κ1) is 11.5. The second-order valence-corrected chi connectivity index (χ2v) is 4.43. The van der Waals surface area contributed by atoms with E-state index in [1.807, 2.05) is 18.2 Å². The number of fused-ring (bicyclic) bond motifs is 1. The average Bonchev–Trinajstić information content (AvgIpc) is 2.92. The Morgan fingerprint density at radius 3 is 2.95 bits per heavy atom. The highest BCUT2D eigenvalue weighted by atomic mass is 16.4. The Morgan fingerprint density at radius 1 is 1.32 bits per heavy atom. The molecule has 0 bridgehead atoms. The molecule has 1 aliphatic heterocycles. The van der Waals surface area contributed by atoms with Gasteiger partial charge in [-0.1, -0.05) is 0 Å². The van der Waals surface area contributed by atoms with E-state index >= 15 is 0 Å². The molecule has 5 nitrogen and oxygen atoms in total. The summed E-state index contributed by atoms with van der Waals surface area (Å²) >= 11 is 0. The van der Waals surface area contributed by atoms with Crippen molar-refractivity contribution in [3.05, 3.63) is 41.7 Å². The highest BCUT2D eigenvalue weighted by molar-refractivity contribution is 5.99. The molecule has 1 aromatic heterocycles. The van der Waals surface area contributed by atoms with E-state index in [1.165, 1.54) is 0 Å². The molecule has 0 unspecified atom stereocenters. The Balaban J connectivity index is 1.90. The topological polar surface area (TPSA) is 79.5 Å². The number of anilines is 1. The van der Waals surface area contributed by atoms with Gasteiger partial charge < -0.3 is 14.8 Å². The van der Waals surface area contributed by atoms with Gasteiger partial charge in [0.15, 0.2) is 0 Å². The lowest BCUT2D eigenvalue weighted by molar-refractivity contribution is -0.136. The standard InChI is InChI=1S/C14H11NO4/c16-13-6-9-5-8(1-3-11(9)15-13)12-4-2-10(19-12)7-14(17)18/h1-5H,6-7H2,(H,15,16)(H,17,18). The van der Waals surface area contributed by atoms with E-state index in [9.17, 15) is 9.59 Å². The molecule has 19 heavy (non-hydrogen) atoms. The van der Waals surface area contributed by atoms with Crippen molar-refractivity contribution in [2.24, 2.45) is 0 Å². The lowest BCUT2D eigenvalue weighted by atomic mass is 10.1. The van der Waals surface area contributed by atoms with Gasteiger partial charge in [-0.2, -0.15) is 0 Å². The Labute approximate surface area is 108 Å². The summed E-state index contributed by atoms with van der Waals surface area (Å²) in [6.45, 7) is 0. The van der Waals surface area contributed by atoms with Gasteiger partial charge in [-0.05, 0) is 35.9 Å². The number of aliphatic carboxylic acids is 1. The molecule has 2 heterocycles. The fraction of sp³-hybridized carbons (Fsp3) is 0.143. The molecule has 0 radical (unpaired) electrons. The van der Waals surface area contributed by atoms with Gasteiger partial charge in [-0.15, -0.1) is 0 Å². The van der Waals surface area contributed by atoms with Crippen molar-refractivity contribution in [1.82, 2.24) is 0 Å². The third-order valence-corrected chi connectivity index (χ3v) is 3.00. The molecule has 3 rings (SSSR count). The molecule has 0 aliphatic carbocycles. The Morgan fingerprint density at radius 2 is 2.16 bits per heavy atom. The molecule has 1 aromatic carbocycles. The maximum atomic E-state index is 11.3. The van der Waals surface area contributed by atoms with Gasteiger partial charge in [0.2, 0.25) is 5.91 Å². The molecule has 0 saturated heterocycles. The van der Waals surface area contributed by atoms with Crippen molar-refractivity contribution in [1.29, 1.82) is 0 Å². The molecule has 96 valence electrons. The predicted octanol–water partition coefficient (Wildman–Crippen LogP) is 2.07. The predicted molar refractivity (Wildman–Crippen MR) is 67.8 cm³/mol. The fourth-order valence-corrected chi connectivity index (χ4v) is 2.16. The summed E-state index contributed by atoms with van der Waals surface area (Å²) in [5.41, 5.74) is 2.59. The van der Waals surface area contributed by atoms with Crippen molar-refractivity contribution in [2.75, 3.05) is 5.32 Å². The number of hydrogen-bond donors (Lipinski definition) is 2. The molecule has 1 aliphatic rings. The highest BCUT2D eigenvalue weighted by Gasteiger charge is 2.18. The summed E-state index contributed by atoms with van der Waals surface area (Å²) in [6.07, 6.45) is 0.233. The lowest BCUT2D eigenvalue weighted by Crippen LogP contribution is -2.03. The van der Waals surface area contributed by atoms with Crippen LogP contribution in [0, 0.1) is 0 Å². The van der Waals surface area contributed by atoms with Crippen molar-refractivity contribution in [2.45, 2.75) is 12.8 Å². The van der Waals surface area contributed by atoms with E-state index in [-0.39, 0.29) is 12.3 Å². The van der Waals surface area contributed by atoms with Crippen molar-refractivity contribution >= 4 is 17.6 Å². The number of benzene rings is 1. The molecule has 2 aromatic rings. The van der Waals surface area contributed by atoms with Crippen molar-refractivity contribution < 1.29 is 19.1 Å². The molecule has 5 heteroatoms. The number of carboxylic acid groups (broad SMARTS) is 1. The minimum Gasteiger partial charge on any atom is -0.481 e. The van der Waals surface area contributed by atoms with Crippen LogP contribution in [-0.2, 0) is 22.4 Å². The second-order valence-electron chi connectivity index (χ2n) is 4.43. The zero-order valence-electron chi connectivity index (χ0n) is 9.97. The summed E-state index contributed by atoms with van der Waals surface area (Å²) in [6, 6.07) is 8.95. The molecule has 2 N–H and O–H groups in total. The van der Waals surface area contributed by atoms with Crippen LogP contribution in [0.1, 0.15) is 11.3 Å². The van der Waals surface area contributed by atoms with Crippen LogP contribution < -0.4 is 5.32 Å². The van der Waals surface area contributed by atoms with Crippen LogP contribution >= 0.6 is 0 Å². The minimum atomic E-state index is -0.926. The van der Waals surface area contributed by atoms with E-state index in [4.69, 9.17) is 9.52 Å². The van der Waals surface area contributed by atoms with Crippen LogP contribution in [0.5, 0.6) is 0 Å². The number of furan rings is 1. The van der Waals surface area contributed by atoms with E-state index in [0.29, 0.717) is 17.9 Å². The summed E-state index contributed by atoms with van der Waals surface area (Å²) in [5, 5.41) is 11.5. The third kappa shape index (κ3) is 2.22. The second kappa shape index (κ2) is 4.28. The zero-order chi connectivity index (χ0) is 13.4. The average molecular weight is 257 g/mol. The number of carboxylic acids is 1. The van der Waals surface area contributed by atoms with Gasteiger partial charge in [-0.25, -0.2) is 0 Å². The molecule has 0 fully saturated rings. The lowest BCUT2D eigenvalue weighted by Gasteiger charge is -2.01. The van der Waals surface area contributed by atoms with Gasteiger partial charge in [-0.3, -0.25) is 9.59 Å². The Bertz CT molecular complexity index is 672. The van der Waals surface area contributed by atoms with Crippen molar-refractivity contribution in [3.63, 3.8) is 0 Å². The summed E-state index contributed by atoms with van der Waals surface area (Å²) < 4.78 is 5.48. The van der Waals surface area contributed by atoms with Crippen LogP contribution in [0.3, 0.4) is 0 Å². The summed E-state index contributed by atoms with van der Waals surface area (Å²) in [4.78, 5) is 21.9. The SMILES string of the molecule is O=C(O)Cc1ccc(-c2ccc3c(c2)CC(=O)N3)o1. The Kier molecular flexibility index (Phi) is 2.59. The monoisotopic (exact) mass is 257 g/mol. The molecule has 0 atom stereocenters. The number of carbonyl (C=O) groups is 2. The van der Waals surface area contributed by atoms with E-state index in [2.05, 4.69) is 5.32 Å². The van der Waals surface area contributed by atoms with Crippen LogP contribution in [0.4, 0.5) is 5.69 Å². The number of carbonyl (C=O) groups excluding carboxylic acids is 1. The van der Waals surface area contributed by atoms with Crippen LogP contribution in [0.25, 0.3) is 11.3 Å². The first-order chi connectivity index (χ1) is 9.11. The van der Waals surface area contributed by atoms with Crippen LogP contribution in [-0.4, -0.2) is 17.0 Å². The Hall–Kier alpha value is -2.56. The van der Waals surface area contributed by atoms with Gasteiger partial charge in [0.25, 0.3) is 0 Å². The van der Waals surface area contributed by atoms with Gasteiger partial charge in [0.05, 0.1) is 6.42 Å². The zero-order valence-corrected chi connectivity index (χ0v) is 9.97. The third-order valence-electron chi connectivity index (χ3n) is 3.00. The fourth-order valence-electron chi connectivity index (χ4n) is 2.16. The van der Waals surface area contributed by atoms with Gasteiger partial charge in [0.1, 0.15) is 17.9 Å². The first-order valence-corrected chi connectivity index (χ1v) is 5.85. The number of rotatable bonds is 3. The van der Waals surface area contributed by atoms with Gasteiger partial charge in [0, 0.05) is 11.3 Å². The summed E-state index contributed by atoms with van der Waals surface area (Å²) in [5.74, 6) is 0.0819. The smallest absolute Gasteiger partial charge is 0.311 e. The number of amides is 1. The van der Waals surface area contributed by atoms with Crippen LogP contribution in [0.15, 0.2) is 34.7 Å². The molecular weight excluding hydrogens is 246 g/mol. The summed E-state index contributed by atoms with van der Waals surface area (Å²) in [7, 11) is 0. The number of nitrogens with one attached hydrogen (secondary N) is 1. The minimum absolute atomic E-state index is 0.0156. The van der Waals surface area contributed by atoms with Gasteiger partial charge >= 0.3 is 5.97 Å². The van der Waals surface area contributed by atoms with E-state index < -0.39 is 5.97 Å². The largest absolute Gasteiger partial charge is 0.481 e. The highest BCUT2D eigenvalue weighted by Crippen LogP contribution is 2.30. The van der Waals surface area contributed by atoms with E-state index in [0.717, 1.165) is 16.8 Å². The normalized spacial score (nSPS) is 13.2. The van der Waals surface area contributed by atoms with Crippen molar-refractivity contribution in [3.8, 4) is 11.3 Å². The maximum absolute atomic E-state index is 11.3. The molecule has 0 spiro atoms. The molecule has 1 amide bonds. The quantitative estimate of drug-likeness (QED) is 0.882. The number of hydrogen-bond acceptors (Lipinski definition) is 3. The molecular formula is C14H11NO4. The molecule has 0 saturated carbocycles. The first-order valence-electron chi connectivity index (χ1n) is 5.85. The van der Waals surface area contributed by atoms with E-state index in [1.54, 1.807) is 12.1 Å². The van der Waals surface area contributed by atoms with Crippen LogP contribution in [0.2, 0.25) is 0 Å².